The van der Waals surface area contributed by atoms with Crippen molar-refractivity contribution in [2.45, 2.75) is 25.3 Å². The van der Waals surface area contributed by atoms with E-state index in [4.69, 9.17) is 4.74 Å². The van der Waals surface area contributed by atoms with Crippen molar-refractivity contribution in [3.63, 3.8) is 0 Å². The molecule has 27 heavy (non-hydrogen) atoms. The maximum absolute atomic E-state index is 12.9. The molecule has 1 fully saturated rings. The van der Waals surface area contributed by atoms with Crippen molar-refractivity contribution in [1.82, 2.24) is 4.90 Å². The first-order valence-electron chi connectivity index (χ1n) is 9.66. The Labute approximate surface area is 162 Å². The van der Waals surface area contributed by atoms with Gasteiger partial charge in [0, 0.05) is 25.2 Å². The molecule has 2 aromatic rings. The van der Waals surface area contributed by atoms with Gasteiger partial charge < -0.3 is 9.64 Å². The van der Waals surface area contributed by atoms with Crippen LogP contribution in [0.4, 0.5) is 5.69 Å². The molecule has 1 heterocycles. The normalized spacial score (nSPS) is 17.0. The van der Waals surface area contributed by atoms with Crippen LogP contribution in [0.1, 0.15) is 18.1 Å². The number of carbonyl (C=O) groups excluding carboxylic acids is 1. The van der Waals surface area contributed by atoms with E-state index in [0.717, 1.165) is 26.3 Å². The number of likely N-dealkylation sites (N-methyl/N-ethyl adjacent to an activating group) is 1. The Hall–Kier alpha value is -2.17. The van der Waals surface area contributed by atoms with Gasteiger partial charge in [0.05, 0.1) is 18.8 Å². The van der Waals surface area contributed by atoms with Crippen LogP contribution < -0.4 is 4.90 Å². The number of hydrogen-bond acceptors (Lipinski definition) is 4. The molecule has 0 aliphatic carbocycles. The number of nitrogens with zero attached hydrogens (tertiary/aromatic N) is 2. The van der Waals surface area contributed by atoms with Gasteiger partial charge in [0.2, 0.25) is 0 Å². The third-order valence-electron chi connectivity index (χ3n) is 5.68. The van der Waals surface area contributed by atoms with Crippen molar-refractivity contribution in [2.24, 2.45) is 0 Å². The third kappa shape index (κ3) is 4.40. The first kappa shape index (κ1) is 19.6. The van der Waals surface area contributed by atoms with Crippen LogP contribution in [0.5, 0.6) is 0 Å². The van der Waals surface area contributed by atoms with Crippen LogP contribution in [0.25, 0.3) is 0 Å². The van der Waals surface area contributed by atoms with Gasteiger partial charge in [-0.1, -0.05) is 48.5 Å². The fraction of sp³-hybridized carbons (Fsp3) is 0.435. The van der Waals surface area contributed by atoms with Gasteiger partial charge in [-0.25, -0.2) is 0 Å². The molecule has 0 N–H and O–H groups in total. The largest absolute Gasteiger partial charge is 0.378 e. The Balaban J connectivity index is 1.96. The van der Waals surface area contributed by atoms with Crippen LogP contribution in [-0.4, -0.2) is 56.6 Å². The topological polar surface area (TPSA) is 32.8 Å². The SMILES string of the molecule is CC(=O)C(Cc1ccccc1)(Cc1ccccc1N1CCOCC1)N(C)C. The molecule has 4 nitrogen and oxygen atoms in total. The summed E-state index contributed by atoms with van der Waals surface area (Å²) in [4.78, 5) is 17.4. The molecule has 0 spiro atoms. The lowest BCUT2D eigenvalue weighted by atomic mass is 9.80. The van der Waals surface area contributed by atoms with Gasteiger partial charge in [-0.3, -0.25) is 9.69 Å². The van der Waals surface area contributed by atoms with Gasteiger partial charge >= 0.3 is 0 Å². The first-order chi connectivity index (χ1) is 13.0. The molecule has 4 heteroatoms. The summed E-state index contributed by atoms with van der Waals surface area (Å²) in [7, 11) is 4.03. The van der Waals surface area contributed by atoms with Crippen molar-refractivity contribution in [3.05, 3.63) is 65.7 Å². The molecule has 3 rings (SSSR count). The fourth-order valence-corrected chi connectivity index (χ4v) is 3.96. The summed E-state index contributed by atoms with van der Waals surface area (Å²) in [6.07, 6.45) is 1.39. The zero-order valence-corrected chi connectivity index (χ0v) is 16.6. The number of rotatable bonds is 7. The van der Waals surface area contributed by atoms with Crippen LogP contribution in [0.3, 0.4) is 0 Å². The summed E-state index contributed by atoms with van der Waals surface area (Å²) in [5.74, 6) is 0.202. The van der Waals surface area contributed by atoms with Gasteiger partial charge in [0.1, 0.15) is 0 Å². The van der Waals surface area contributed by atoms with E-state index in [1.165, 1.54) is 16.8 Å². The molecule has 0 amide bonds. The van der Waals surface area contributed by atoms with E-state index in [1.54, 1.807) is 6.92 Å². The lowest BCUT2D eigenvalue weighted by Crippen LogP contribution is -2.54. The number of hydrogen-bond donors (Lipinski definition) is 0. The molecule has 1 aliphatic heterocycles. The second kappa shape index (κ2) is 8.68. The van der Waals surface area contributed by atoms with E-state index in [1.807, 2.05) is 32.3 Å². The van der Waals surface area contributed by atoms with Crippen molar-refractivity contribution in [2.75, 3.05) is 45.3 Å². The number of ketones is 1. The van der Waals surface area contributed by atoms with Gasteiger partial charge in [0.25, 0.3) is 0 Å². The van der Waals surface area contributed by atoms with Crippen LogP contribution >= 0.6 is 0 Å². The van der Waals surface area contributed by atoms with Gasteiger partial charge in [-0.15, -0.1) is 0 Å². The monoisotopic (exact) mass is 366 g/mol. The molecular weight excluding hydrogens is 336 g/mol. The highest BCUT2D eigenvalue weighted by atomic mass is 16.5. The predicted molar refractivity (Wildman–Crippen MR) is 110 cm³/mol. The Morgan fingerprint density at radius 1 is 1.00 bits per heavy atom. The van der Waals surface area contributed by atoms with Crippen LogP contribution in [0.2, 0.25) is 0 Å². The highest BCUT2D eigenvalue weighted by Gasteiger charge is 2.39. The Kier molecular flexibility index (Phi) is 6.30. The van der Waals surface area contributed by atoms with Crippen LogP contribution in [0, 0.1) is 0 Å². The standard InChI is InChI=1S/C23H30N2O2/c1-19(26)23(24(2)3,17-20-9-5-4-6-10-20)18-21-11-7-8-12-22(21)25-13-15-27-16-14-25/h4-12H,13-18H2,1-3H3. The number of carbonyl (C=O) groups is 1. The molecule has 0 aromatic heterocycles. The Morgan fingerprint density at radius 3 is 2.26 bits per heavy atom. The smallest absolute Gasteiger partial charge is 0.150 e. The number of Topliss-reactive ketones (excluding diaryl/α,β-unsaturated/α-hetero) is 1. The lowest BCUT2D eigenvalue weighted by Gasteiger charge is -2.40. The number of para-hydroxylation sites is 1. The van der Waals surface area contributed by atoms with E-state index < -0.39 is 5.54 Å². The molecule has 0 bridgehead atoms. The maximum Gasteiger partial charge on any atom is 0.150 e. The summed E-state index contributed by atoms with van der Waals surface area (Å²) < 4.78 is 5.51. The zero-order chi connectivity index (χ0) is 19.3. The van der Waals surface area contributed by atoms with Gasteiger partial charge in [-0.05, 0) is 44.6 Å². The minimum Gasteiger partial charge on any atom is -0.378 e. The number of anilines is 1. The van der Waals surface area contributed by atoms with E-state index in [0.29, 0.717) is 12.8 Å². The molecular formula is C23H30N2O2. The molecule has 0 saturated carbocycles. The fourth-order valence-electron chi connectivity index (χ4n) is 3.96. The number of benzene rings is 2. The third-order valence-corrected chi connectivity index (χ3v) is 5.68. The number of morpholine rings is 1. The molecule has 0 radical (unpaired) electrons. The summed E-state index contributed by atoms with van der Waals surface area (Å²) in [6, 6.07) is 18.8. The summed E-state index contributed by atoms with van der Waals surface area (Å²) in [5, 5.41) is 0. The average molecular weight is 367 g/mol. The highest BCUT2D eigenvalue weighted by molar-refractivity contribution is 5.87. The first-order valence-corrected chi connectivity index (χ1v) is 9.66. The quantitative estimate of drug-likeness (QED) is 0.753. The molecule has 2 aromatic carbocycles. The molecule has 144 valence electrons. The maximum atomic E-state index is 12.9. The average Bonchev–Trinajstić information content (AvgIpc) is 2.69. The number of ether oxygens (including phenoxy) is 1. The molecule has 1 atom stereocenters. The molecule has 1 aliphatic rings. The lowest BCUT2D eigenvalue weighted by molar-refractivity contribution is -0.127. The van der Waals surface area contributed by atoms with Gasteiger partial charge in [-0.2, -0.15) is 0 Å². The van der Waals surface area contributed by atoms with Crippen LogP contribution in [-0.2, 0) is 22.4 Å². The van der Waals surface area contributed by atoms with E-state index >= 15 is 0 Å². The second-order valence-electron chi connectivity index (χ2n) is 7.55. The van der Waals surface area contributed by atoms with E-state index in [2.05, 4.69) is 46.2 Å². The highest BCUT2D eigenvalue weighted by Crippen LogP contribution is 2.30. The van der Waals surface area contributed by atoms with Gasteiger partial charge in [0.15, 0.2) is 5.78 Å². The Bertz CT molecular complexity index is 754. The zero-order valence-electron chi connectivity index (χ0n) is 16.6. The summed E-state index contributed by atoms with van der Waals surface area (Å²) >= 11 is 0. The summed E-state index contributed by atoms with van der Waals surface area (Å²) in [5.41, 5.74) is 3.06. The van der Waals surface area contributed by atoms with E-state index in [-0.39, 0.29) is 5.78 Å². The van der Waals surface area contributed by atoms with Crippen LogP contribution in [0.15, 0.2) is 54.6 Å². The van der Waals surface area contributed by atoms with Crippen molar-refractivity contribution in [1.29, 1.82) is 0 Å². The van der Waals surface area contributed by atoms with Crippen molar-refractivity contribution < 1.29 is 9.53 Å². The summed E-state index contributed by atoms with van der Waals surface area (Å²) in [6.45, 7) is 5.02. The second-order valence-corrected chi connectivity index (χ2v) is 7.55. The van der Waals surface area contributed by atoms with E-state index in [9.17, 15) is 4.79 Å². The Morgan fingerprint density at radius 2 is 1.63 bits per heavy atom. The molecule has 1 saturated heterocycles. The predicted octanol–water partition coefficient (Wildman–Crippen LogP) is 3.20. The minimum atomic E-state index is -0.566. The molecule has 1 unspecified atom stereocenters. The van der Waals surface area contributed by atoms with Crippen molar-refractivity contribution in [3.8, 4) is 0 Å². The van der Waals surface area contributed by atoms with Crippen molar-refractivity contribution >= 4 is 11.5 Å². The minimum absolute atomic E-state index is 0.202.